The van der Waals surface area contributed by atoms with Crippen molar-refractivity contribution in [3.8, 4) is 0 Å². The minimum absolute atomic E-state index is 0.240. The third-order valence-electron chi connectivity index (χ3n) is 2.96. The van der Waals surface area contributed by atoms with E-state index in [4.69, 9.17) is 5.73 Å². The number of rotatable bonds is 4. The summed E-state index contributed by atoms with van der Waals surface area (Å²) in [6.45, 7) is 2.85. The van der Waals surface area contributed by atoms with Gasteiger partial charge in [0, 0.05) is 36.7 Å². The third-order valence-corrected chi connectivity index (χ3v) is 2.96. The quantitative estimate of drug-likeness (QED) is 0.870. The van der Waals surface area contributed by atoms with Crippen molar-refractivity contribution in [2.45, 2.75) is 13.5 Å². The summed E-state index contributed by atoms with van der Waals surface area (Å²) in [5, 5.41) is 0. The van der Waals surface area contributed by atoms with Gasteiger partial charge in [-0.25, -0.2) is 4.39 Å². The highest BCUT2D eigenvalue weighted by molar-refractivity contribution is 5.95. The van der Waals surface area contributed by atoms with E-state index >= 15 is 0 Å². The van der Waals surface area contributed by atoms with Crippen LogP contribution in [0.5, 0.6) is 0 Å². The van der Waals surface area contributed by atoms with Crippen molar-refractivity contribution in [1.29, 1.82) is 0 Å². The van der Waals surface area contributed by atoms with E-state index in [1.807, 2.05) is 19.1 Å². The van der Waals surface area contributed by atoms with Gasteiger partial charge in [0.2, 0.25) is 0 Å². The van der Waals surface area contributed by atoms with Gasteiger partial charge in [0.25, 0.3) is 5.91 Å². The van der Waals surface area contributed by atoms with E-state index < -0.39 is 5.82 Å². The number of benzene rings is 1. The first-order valence-corrected chi connectivity index (χ1v) is 6.34. The van der Waals surface area contributed by atoms with Crippen LogP contribution in [-0.2, 0) is 6.54 Å². The number of anilines is 1. The molecule has 0 saturated heterocycles. The van der Waals surface area contributed by atoms with Crippen molar-refractivity contribution in [1.82, 2.24) is 9.88 Å². The monoisotopic (exact) mass is 273 g/mol. The number of nitrogens with zero attached hydrogens (tertiary/aromatic N) is 2. The molecule has 0 unspecified atom stereocenters. The molecule has 1 amide bonds. The topological polar surface area (TPSA) is 59.2 Å². The number of nitrogens with two attached hydrogens (primary N) is 1. The maximum Gasteiger partial charge on any atom is 0.254 e. The van der Waals surface area contributed by atoms with Gasteiger partial charge in [-0.2, -0.15) is 0 Å². The van der Waals surface area contributed by atoms with Crippen LogP contribution in [0.3, 0.4) is 0 Å². The predicted molar refractivity (Wildman–Crippen MR) is 75.5 cm³/mol. The maximum absolute atomic E-state index is 13.3. The van der Waals surface area contributed by atoms with Gasteiger partial charge in [0.1, 0.15) is 5.82 Å². The first kappa shape index (κ1) is 14.0. The highest BCUT2D eigenvalue weighted by atomic mass is 19.1. The highest BCUT2D eigenvalue weighted by Gasteiger charge is 2.15. The Hall–Kier alpha value is -2.43. The normalized spacial score (nSPS) is 10.3. The molecule has 0 atom stereocenters. The molecular weight excluding hydrogens is 257 g/mol. The Balaban J connectivity index is 2.20. The minimum Gasteiger partial charge on any atom is -0.399 e. The predicted octanol–water partition coefficient (Wildman–Crippen LogP) is 2.47. The molecule has 2 rings (SSSR count). The molecule has 5 heteroatoms. The Labute approximate surface area is 117 Å². The molecular formula is C15H16FN3O. The summed E-state index contributed by atoms with van der Waals surface area (Å²) in [4.78, 5) is 17.9. The van der Waals surface area contributed by atoms with Gasteiger partial charge in [0.15, 0.2) is 0 Å². The van der Waals surface area contributed by atoms with E-state index in [-0.39, 0.29) is 17.2 Å². The second-order valence-electron chi connectivity index (χ2n) is 4.45. The molecule has 2 N–H and O–H groups in total. The van der Waals surface area contributed by atoms with E-state index in [1.54, 1.807) is 17.3 Å². The van der Waals surface area contributed by atoms with Crippen molar-refractivity contribution < 1.29 is 9.18 Å². The molecule has 0 saturated carbocycles. The third kappa shape index (κ3) is 3.32. The molecule has 4 nitrogen and oxygen atoms in total. The number of hydrogen-bond donors (Lipinski definition) is 1. The fourth-order valence-corrected chi connectivity index (χ4v) is 1.95. The van der Waals surface area contributed by atoms with Gasteiger partial charge in [-0.3, -0.25) is 9.78 Å². The first-order chi connectivity index (χ1) is 9.60. The van der Waals surface area contributed by atoms with Crippen molar-refractivity contribution in [2.75, 3.05) is 12.3 Å². The molecule has 0 radical (unpaired) electrons. The Kier molecular flexibility index (Phi) is 4.30. The Bertz CT molecular complexity index is 581. The van der Waals surface area contributed by atoms with Crippen LogP contribution in [0, 0.1) is 5.82 Å². The zero-order valence-electron chi connectivity index (χ0n) is 11.2. The molecule has 2 aromatic rings. The van der Waals surface area contributed by atoms with Crippen molar-refractivity contribution in [3.05, 3.63) is 59.7 Å². The van der Waals surface area contributed by atoms with Crippen LogP contribution >= 0.6 is 0 Å². The lowest BCUT2D eigenvalue weighted by molar-refractivity contribution is 0.0752. The van der Waals surface area contributed by atoms with Crippen LogP contribution in [0.2, 0.25) is 0 Å². The summed E-state index contributed by atoms with van der Waals surface area (Å²) in [7, 11) is 0. The maximum atomic E-state index is 13.3. The molecule has 0 fully saturated rings. The summed E-state index contributed by atoms with van der Waals surface area (Å²) in [5.74, 6) is -0.746. The fraction of sp³-hybridized carbons (Fsp3) is 0.200. The average molecular weight is 273 g/mol. The van der Waals surface area contributed by atoms with E-state index in [1.165, 1.54) is 18.2 Å². The van der Waals surface area contributed by atoms with Gasteiger partial charge in [-0.15, -0.1) is 0 Å². The largest absolute Gasteiger partial charge is 0.399 e. The van der Waals surface area contributed by atoms with Crippen LogP contribution in [0.4, 0.5) is 10.1 Å². The van der Waals surface area contributed by atoms with Crippen molar-refractivity contribution >= 4 is 11.6 Å². The van der Waals surface area contributed by atoms with E-state index in [0.29, 0.717) is 13.1 Å². The fourth-order valence-electron chi connectivity index (χ4n) is 1.95. The number of amides is 1. The molecule has 1 aromatic heterocycles. The number of hydrogen-bond acceptors (Lipinski definition) is 3. The molecule has 0 spiro atoms. The summed E-state index contributed by atoms with van der Waals surface area (Å²) < 4.78 is 13.3. The van der Waals surface area contributed by atoms with Crippen LogP contribution in [-0.4, -0.2) is 22.3 Å². The molecule has 1 heterocycles. The molecule has 0 aliphatic rings. The van der Waals surface area contributed by atoms with Gasteiger partial charge in [-0.05, 0) is 42.8 Å². The number of carbonyl (C=O) groups is 1. The molecule has 0 aliphatic heterocycles. The van der Waals surface area contributed by atoms with Gasteiger partial charge in [-0.1, -0.05) is 0 Å². The lowest BCUT2D eigenvalue weighted by Gasteiger charge is -2.21. The van der Waals surface area contributed by atoms with E-state index in [0.717, 1.165) is 5.56 Å². The lowest BCUT2D eigenvalue weighted by atomic mass is 10.1. The van der Waals surface area contributed by atoms with Crippen LogP contribution < -0.4 is 5.73 Å². The van der Waals surface area contributed by atoms with E-state index in [2.05, 4.69) is 4.98 Å². The standard InChI is InChI=1S/C15H16FN3O/c1-2-19(10-11-3-5-18-6-4-11)15(20)12-7-13(16)9-14(17)8-12/h3-9H,2,10,17H2,1H3. The molecule has 1 aromatic carbocycles. The lowest BCUT2D eigenvalue weighted by Crippen LogP contribution is -2.30. The van der Waals surface area contributed by atoms with Gasteiger partial charge in [0.05, 0.1) is 0 Å². The average Bonchev–Trinajstić information content (AvgIpc) is 2.44. The summed E-state index contributed by atoms with van der Waals surface area (Å²) in [5.41, 5.74) is 7.05. The second-order valence-corrected chi connectivity index (χ2v) is 4.45. The smallest absolute Gasteiger partial charge is 0.254 e. The summed E-state index contributed by atoms with van der Waals surface area (Å²) in [6, 6.07) is 7.57. The minimum atomic E-state index is -0.506. The molecule has 0 aliphatic carbocycles. The van der Waals surface area contributed by atoms with Crippen molar-refractivity contribution in [3.63, 3.8) is 0 Å². The Morgan fingerprint density at radius 3 is 2.60 bits per heavy atom. The second kappa shape index (κ2) is 6.14. The van der Waals surface area contributed by atoms with Crippen LogP contribution in [0.15, 0.2) is 42.7 Å². The molecule has 0 bridgehead atoms. The zero-order valence-corrected chi connectivity index (χ0v) is 11.2. The van der Waals surface area contributed by atoms with Crippen LogP contribution in [0.25, 0.3) is 0 Å². The number of halogens is 1. The number of aromatic nitrogens is 1. The number of pyridine rings is 1. The molecule has 104 valence electrons. The summed E-state index contributed by atoms with van der Waals surface area (Å²) >= 11 is 0. The van der Waals surface area contributed by atoms with Gasteiger partial charge >= 0.3 is 0 Å². The SMILES string of the molecule is CCN(Cc1ccncc1)C(=O)c1cc(N)cc(F)c1. The number of carbonyl (C=O) groups excluding carboxylic acids is 1. The highest BCUT2D eigenvalue weighted by Crippen LogP contribution is 2.14. The van der Waals surface area contributed by atoms with E-state index in [9.17, 15) is 9.18 Å². The Morgan fingerprint density at radius 1 is 1.30 bits per heavy atom. The molecule has 20 heavy (non-hydrogen) atoms. The van der Waals surface area contributed by atoms with Gasteiger partial charge < -0.3 is 10.6 Å². The number of nitrogen functional groups attached to an aromatic ring is 1. The first-order valence-electron chi connectivity index (χ1n) is 6.34. The van der Waals surface area contributed by atoms with Crippen LogP contribution in [0.1, 0.15) is 22.8 Å². The summed E-state index contributed by atoms with van der Waals surface area (Å²) in [6.07, 6.45) is 3.35. The Morgan fingerprint density at radius 2 is 2.00 bits per heavy atom. The van der Waals surface area contributed by atoms with Crippen molar-refractivity contribution in [2.24, 2.45) is 0 Å². The zero-order chi connectivity index (χ0) is 14.5.